The van der Waals surface area contributed by atoms with Crippen LogP contribution in [-0.2, 0) is 9.59 Å². The second kappa shape index (κ2) is 6.28. The van der Waals surface area contributed by atoms with Gasteiger partial charge in [0.15, 0.2) is 0 Å². The Kier molecular flexibility index (Phi) is 4.18. The van der Waals surface area contributed by atoms with Crippen LogP contribution in [0.4, 0.5) is 4.79 Å². The number of nitrogens with one attached hydrogen (secondary N) is 2. The van der Waals surface area contributed by atoms with Crippen LogP contribution in [0.25, 0.3) is 0 Å². The summed E-state index contributed by atoms with van der Waals surface area (Å²) in [5, 5.41) is 4.59. The van der Waals surface area contributed by atoms with E-state index < -0.39 is 18.0 Å². The summed E-state index contributed by atoms with van der Waals surface area (Å²) in [6, 6.07) is 6.50. The van der Waals surface area contributed by atoms with Crippen LogP contribution >= 0.6 is 0 Å². The van der Waals surface area contributed by atoms with E-state index in [1.807, 2.05) is 24.3 Å². The Balaban J connectivity index is 1.62. The fraction of sp³-hybridized carbons (Fsp3) is 0.438. The molecule has 4 amide bonds. The van der Waals surface area contributed by atoms with Crippen molar-refractivity contribution in [1.29, 1.82) is 0 Å². The largest absolute Gasteiger partial charge is 0.496 e. The molecule has 2 saturated heterocycles. The van der Waals surface area contributed by atoms with Crippen molar-refractivity contribution in [2.75, 3.05) is 20.2 Å². The maximum atomic E-state index is 12.3. The molecule has 2 aliphatic heterocycles. The van der Waals surface area contributed by atoms with Crippen molar-refractivity contribution in [3.8, 4) is 5.75 Å². The van der Waals surface area contributed by atoms with Crippen molar-refractivity contribution >= 4 is 17.8 Å². The average molecular weight is 317 g/mol. The van der Waals surface area contributed by atoms with Crippen LogP contribution in [-0.4, -0.2) is 49.0 Å². The van der Waals surface area contributed by atoms with E-state index in [2.05, 4.69) is 10.6 Å². The summed E-state index contributed by atoms with van der Waals surface area (Å²) in [7, 11) is 1.64. The number of benzene rings is 1. The highest BCUT2D eigenvalue weighted by Crippen LogP contribution is 2.33. The van der Waals surface area contributed by atoms with Gasteiger partial charge in [0.05, 0.1) is 13.5 Å². The summed E-state index contributed by atoms with van der Waals surface area (Å²) in [6.07, 6.45) is 0.853. The van der Waals surface area contributed by atoms with Crippen molar-refractivity contribution in [1.82, 2.24) is 15.5 Å². The lowest BCUT2D eigenvalue weighted by molar-refractivity contribution is -0.133. The number of carbonyl (C=O) groups excluding carboxylic acids is 3. The van der Waals surface area contributed by atoms with Gasteiger partial charge in [0.1, 0.15) is 11.8 Å². The molecule has 7 nitrogen and oxygen atoms in total. The first-order valence-corrected chi connectivity index (χ1v) is 7.60. The highest BCUT2D eigenvalue weighted by molar-refractivity contribution is 6.05. The number of amides is 4. The fourth-order valence-corrected chi connectivity index (χ4v) is 3.15. The molecule has 2 atom stereocenters. The summed E-state index contributed by atoms with van der Waals surface area (Å²) < 4.78 is 5.38. The van der Waals surface area contributed by atoms with Gasteiger partial charge in [0, 0.05) is 19.0 Å². The monoisotopic (exact) mass is 317 g/mol. The third kappa shape index (κ3) is 3.13. The number of urea groups is 1. The Hall–Kier alpha value is -2.57. The van der Waals surface area contributed by atoms with Crippen LogP contribution in [0.5, 0.6) is 5.75 Å². The van der Waals surface area contributed by atoms with Gasteiger partial charge in [-0.25, -0.2) is 4.79 Å². The second-order valence-corrected chi connectivity index (χ2v) is 5.79. The van der Waals surface area contributed by atoms with Gasteiger partial charge < -0.3 is 15.0 Å². The average Bonchev–Trinajstić information content (AvgIpc) is 3.14. The summed E-state index contributed by atoms with van der Waals surface area (Å²) in [5.74, 6) is 0.491. The van der Waals surface area contributed by atoms with Crippen LogP contribution in [0.2, 0.25) is 0 Å². The molecule has 0 saturated carbocycles. The molecule has 0 radical (unpaired) electrons. The molecular formula is C16H19N3O4. The molecule has 0 aliphatic carbocycles. The van der Waals surface area contributed by atoms with Crippen LogP contribution in [0, 0.1) is 0 Å². The number of carbonyl (C=O) groups is 3. The number of imide groups is 1. The summed E-state index contributed by atoms with van der Waals surface area (Å²) in [5.41, 5.74) is 1.09. The maximum absolute atomic E-state index is 12.3. The molecule has 1 unspecified atom stereocenters. The van der Waals surface area contributed by atoms with Crippen LogP contribution < -0.4 is 15.4 Å². The highest BCUT2D eigenvalue weighted by Gasteiger charge is 2.35. The van der Waals surface area contributed by atoms with Gasteiger partial charge in [-0.15, -0.1) is 0 Å². The molecule has 23 heavy (non-hydrogen) atoms. The second-order valence-electron chi connectivity index (χ2n) is 5.79. The molecule has 2 aliphatic rings. The van der Waals surface area contributed by atoms with Crippen molar-refractivity contribution in [3.05, 3.63) is 29.8 Å². The van der Waals surface area contributed by atoms with Gasteiger partial charge in [-0.05, 0) is 18.1 Å². The molecule has 122 valence electrons. The molecule has 1 aromatic carbocycles. The number of rotatable bonds is 4. The Bertz CT molecular complexity index is 646. The fourth-order valence-electron chi connectivity index (χ4n) is 3.15. The van der Waals surface area contributed by atoms with Crippen molar-refractivity contribution in [3.63, 3.8) is 0 Å². The zero-order valence-corrected chi connectivity index (χ0v) is 12.9. The molecule has 7 heteroatoms. The first kappa shape index (κ1) is 15.3. The zero-order chi connectivity index (χ0) is 16.4. The molecule has 0 aromatic heterocycles. The SMILES string of the molecule is COc1ccccc1C1CCN(C(=O)C[C@@H]2NC(=O)NC2=O)C1. The van der Waals surface area contributed by atoms with Gasteiger partial charge in [-0.3, -0.25) is 14.9 Å². The lowest BCUT2D eigenvalue weighted by atomic mass is 9.97. The summed E-state index contributed by atoms with van der Waals surface area (Å²) in [4.78, 5) is 36.7. The normalized spacial score (nSPS) is 23.6. The number of hydrogen-bond donors (Lipinski definition) is 2. The molecule has 1 aromatic rings. The van der Waals surface area contributed by atoms with Crippen LogP contribution in [0.15, 0.2) is 24.3 Å². The Morgan fingerprint density at radius 2 is 2.13 bits per heavy atom. The van der Waals surface area contributed by atoms with E-state index >= 15 is 0 Å². The summed E-state index contributed by atoms with van der Waals surface area (Å²) >= 11 is 0. The standard InChI is InChI=1S/C16H19N3O4/c1-23-13-5-3-2-4-11(13)10-6-7-19(9-10)14(20)8-12-15(21)18-16(22)17-12/h2-5,10,12H,6-9H2,1H3,(H2,17,18,21,22)/t10?,12-/m0/s1. The number of likely N-dealkylation sites (tertiary alicyclic amines) is 1. The van der Waals surface area contributed by atoms with E-state index in [4.69, 9.17) is 4.74 Å². The zero-order valence-electron chi connectivity index (χ0n) is 12.9. The minimum Gasteiger partial charge on any atom is -0.496 e. The first-order valence-electron chi connectivity index (χ1n) is 7.60. The van der Waals surface area contributed by atoms with Gasteiger partial charge >= 0.3 is 6.03 Å². The summed E-state index contributed by atoms with van der Waals surface area (Å²) in [6.45, 7) is 1.24. The predicted molar refractivity (Wildman–Crippen MR) is 82.0 cm³/mol. The predicted octanol–water partition coefficient (Wildman–Crippen LogP) is 0.609. The molecule has 3 rings (SSSR count). The topological polar surface area (TPSA) is 87.7 Å². The molecule has 0 bridgehead atoms. The number of nitrogens with zero attached hydrogens (tertiary/aromatic N) is 1. The van der Waals surface area contributed by atoms with Gasteiger partial charge in [0.2, 0.25) is 5.91 Å². The van der Waals surface area contributed by atoms with Crippen molar-refractivity contribution < 1.29 is 19.1 Å². The smallest absolute Gasteiger partial charge is 0.322 e. The van der Waals surface area contributed by atoms with Gasteiger partial charge in [-0.1, -0.05) is 18.2 Å². The Morgan fingerprint density at radius 1 is 1.35 bits per heavy atom. The molecule has 0 spiro atoms. The number of hydrogen-bond acceptors (Lipinski definition) is 4. The van der Waals surface area contributed by atoms with Crippen molar-refractivity contribution in [2.24, 2.45) is 0 Å². The highest BCUT2D eigenvalue weighted by atomic mass is 16.5. The van der Waals surface area contributed by atoms with E-state index in [0.29, 0.717) is 13.1 Å². The quantitative estimate of drug-likeness (QED) is 0.797. The van der Waals surface area contributed by atoms with Gasteiger partial charge in [-0.2, -0.15) is 0 Å². The Labute approximate surface area is 134 Å². The van der Waals surface area contributed by atoms with E-state index in [1.54, 1.807) is 12.0 Å². The number of ether oxygens (including phenoxy) is 1. The van der Waals surface area contributed by atoms with Crippen LogP contribution in [0.3, 0.4) is 0 Å². The van der Waals surface area contributed by atoms with E-state index in [9.17, 15) is 14.4 Å². The third-order valence-electron chi connectivity index (χ3n) is 4.36. The number of methoxy groups -OCH3 is 1. The molecule has 2 heterocycles. The molecule has 2 fully saturated rings. The van der Waals surface area contributed by atoms with Gasteiger partial charge in [0.25, 0.3) is 5.91 Å². The van der Waals surface area contributed by atoms with Crippen LogP contribution in [0.1, 0.15) is 24.3 Å². The van der Waals surface area contributed by atoms with E-state index in [-0.39, 0.29) is 18.2 Å². The lowest BCUT2D eigenvalue weighted by Crippen LogP contribution is -2.37. The Morgan fingerprint density at radius 3 is 2.83 bits per heavy atom. The van der Waals surface area contributed by atoms with E-state index in [0.717, 1.165) is 17.7 Å². The number of para-hydroxylation sites is 1. The molecular weight excluding hydrogens is 298 g/mol. The minimum atomic E-state index is -0.764. The van der Waals surface area contributed by atoms with Crippen molar-refractivity contribution in [2.45, 2.75) is 24.8 Å². The maximum Gasteiger partial charge on any atom is 0.322 e. The lowest BCUT2D eigenvalue weighted by Gasteiger charge is -2.19. The first-order chi connectivity index (χ1) is 11.1. The van der Waals surface area contributed by atoms with E-state index in [1.165, 1.54) is 0 Å². The minimum absolute atomic E-state index is 0.00375. The molecule has 2 N–H and O–H groups in total. The third-order valence-corrected chi connectivity index (χ3v) is 4.36.